The van der Waals surface area contributed by atoms with Gasteiger partial charge in [-0.15, -0.1) is 0 Å². The van der Waals surface area contributed by atoms with Gasteiger partial charge in [0.2, 0.25) is 5.82 Å². The molecule has 25 heavy (non-hydrogen) atoms. The maximum Gasteiger partial charge on any atom is 0.278 e. The molecule has 0 saturated carbocycles. The molecule has 2 heterocycles. The highest BCUT2D eigenvalue weighted by atomic mass is 16.5. The topological polar surface area (TPSA) is 73.9 Å². The minimum absolute atomic E-state index is 0.336. The van der Waals surface area contributed by atoms with Crippen LogP contribution in [0.25, 0.3) is 23.0 Å². The second kappa shape index (κ2) is 6.52. The van der Waals surface area contributed by atoms with Crippen molar-refractivity contribution in [1.82, 2.24) is 20.1 Å². The molecule has 6 nitrogen and oxygen atoms in total. The van der Waals surface area contributed by atoms with Gasteiger partial charge >= 0.3 is 0 Å². The predicted molar refractivity (Wildman–Crippen MR) is 92.0 cm³/mol. The summed E-state index contributed by atoms with van der Waals surface area (Å²) in [5.41, 5.74) is 2.56. The summed E-state index contributed by atoms with van der Waals surface area (Å²) in [5.74, 6) is 2.36. The normalized spacial score (nSPS) is 10.6. The Bertz CT molecular complexity index is 965. The molecule has 4 rings (SSSR count). The van der Waals surface area contributed by atoms with Crippen LogP contribution < -0.4 is 4.74 Å². The van der Waals surface area contributed by atoms with Gasteiger partial charge < -0.3 is 9.26 Å². The quantitative estimate of drug-likeness (QED) is 0.555. The summed E-state index contributed by atoms with van der Waals surface area (Å²) in [4.78, 5) is 12.5. The van der Waals surface area contributed by atoms with Crippen LogP contribution in [0.15, 0.2) is 71.6 Å². The van der Waals surface area contributed by atoms with E-state index in [1.54, 1.807) is 18.6 Å². The molecule has 0 aliphatic carbocycles. The summed E-state index contributed by atoms with van der Waals surface area (Å²) in [7, 11) is 0. The molecule has 0 saturated heterocycles. The second-order valence-corrected chi connectivity index (χ2v) is 5.45. The van der Waals surface area contributed by atoms with Crippen molar-refractivity contribution in [2.75, 3.05) is 0 Å². The first-order chi connectivity index (χ1) is 12.3. The number of hydrogen-bond acceptors (Lipinski definition) is 6. The van der Waals surface area contributed by atoms with Crippen LogP contribution in [0.1, 0.15) is 5.56 Å². The molecule has 0 N–H and O–H groups in total. The van der Waals surface area contributed by atoms with Crippen LogP contribution in [0, 0.1) is 6.92 Å². The van der Waals surface area contributed by atoms with Crippen molar-refractivity contribution >= 4 is 0 Å². The van der Waals surface area contributed by atoms with Gasteiger partial charge in [-0.05, 0) is 43.3 Å². The molecule has 0 unspecified atom stereocenters. The van der Waals surface area contributed by atoms with Crippen molar-refractivity contribution in [3.63, 3.8) is 0 Å². The fraction of sp³-hybridized carbons (Fsp3) is 0.0526. The van der Waals surface area contributed by atoms with E-state index in [-0.39, 0.29) is 0 Å². The summed E-state index contributed by atoms with van der Waals surface area (Å²) in [6.45, 7) is 2.04. The van der Waals surface area contributed by atoms with E-state index in [0.717, 1.165) is 17.1 Å². The van der Waals surface area contributed by atoms with Gasteiger partial charge in [-0.25, -0.2) is 4.98 Å². The third-order valence-corrected chi connectivity index (χ3v) is 3.58. The molecule has 0 spiro atoms. The lowest BCUT2D eigenvalue weighted by molar-refractivity contribution is 0.431. The van der Waals surface area contributed by atoms with Crippen molar-refractivity contribution in [3.05, 3.63) is 72.7 Å². The summed E-state index contributed by atoms with van der Waals surface area (Å²) < 4.78 is 11.1. The van der Waals surface area contributed by atoms with E-state index in [1.807, 2.05) is 55.5 Å². The summed E-state index contributed by atoms with van der Waals surface area (Å²) in [6.07, 6.45) is 4.75. The zero-order valence-electron chi connectivity index (χ0n) is 13.5. The lowest BCUT2D eigenvalue weighted by Crippen LogP contribution is -1.86. The van der Waals surface area contributed by atoms with Gasteiger partial charge in [0.25, 0.3) is 5.89 Å². The third kappa shape index (κ3) is 3.37. The number of benzene rings is 2. The highest BCUT2D eigenvalue weighted by Crippen LogP contribution is 2.25. The van der Waals surface area contributed by atoms with Crippen molar-refractivity contribution in [3.8, 4) is 34.5 Å². The minimum atomic E-state index is 0.336. The highest BCUT2D eigenvalue weighted by molar-refractivity contribution is 5.58. The van der Waals surface area contributed by atoms with E-state index in [0.29, 0.717) is 17.4 Å². The fourth-order valence-corrected chi connectivity index (χ4v) is 2.27. The molecule has 0 radical (unpaired) electrons. The average Bonchev–Trinajstić information content (AvgIpc) is 3.15. The van der Waals surface area contributed by atoms with Crippen molar-refractivity contribution in [2.24, 2.45) is 0 Å². The molecule has 2 aromatic carbocycles. The summed E-state index contributed by atoms with van der Waals surface area (Å²) in [6, 6.07) is 15.4. The Labute approximate surface area is 144 Å². The third-order valence-electron chi connectivity index (χ3n) is 3.58. The van der Waals surface area contributed by atoms with E-state index in [9.17, 15) is 0 Å². The first-order valence-electron chi connectivity index (χ1n) is 7.73. The van der Waals surface area contributed by atoms with Gasteiger partial charge in [0.05, 0.1) is 6.20 Å². The number of hydrogen-bond donors (Lipinski definition) is 0. The minimum Gasteiger partial charge on any atom is -0.457 e. The molecule has 4 aromatic rings. The fourth-order valence-electron chi connectivity index (χ4n) is 2.27. The summed E-state index contributed by atoms with van der Waals surface area (Å²) in [5, 5.41) is 3.99. The number of ether oxygens (including phenoxy) is 1. The van der Waals surface area contributed by atoms with E-state index in [1.165, 1.54) is 5.56 Å². The number of rotatable bonds is 4. The van der Waals surface area contributed by atoms with Crippen LogP contribution in [0.5, 0.6) is 11.5 Å². The Hall–Kier alpha value is -3.54. The maximum absolute atomic E-state index is 5.82. The Morgan fingerprint density at radius 2 is 1.60 bits per heavy atom. The smallest absolute Gasteiger partial charge is 0.278 e. The average molecular weight is 330 g/mol. The molecule has 122 valence electrons. The van der Waals surface area contributed by atoms with Gasteiger partial charge in [-0.1, -0.05) is 22.9 Å². The molecular formula is C19H14N4O2. The van der Waals surface area contributed by atoms with Crippen LogP contribution in [-0.4, -0.2) is 20.1 Å². The largest absolute Gasteiger partial charge is 0.457 e. The van der Waals surface area contributed by atoms with Crippen LogP contribution in [0.4, 0.5) is 0 Å². The lowest BCUT2D eigenvalue weighted by atomic mass is 10.2. The van der Waals surface area contributed by atoms with Crippen LogP contribution >= 0.6 is 0 Å². The Morgan fingerprint density at radius 3 is 2.28 bits per heavy atom. The molecule has 0 bridgehead atoms. The van der Waals surface area contributed by atoms with Gasteiger partial charge in [0, 0.05) is 18.0 Å². The van der Waals surface area contributed by atoms with Crippen molar-refractivity contribution in [1.29, 1.82) is 0 Å². The highest BCUT2D eigenvalue weighted by Gasteiger charge is 2.11. The first-order valence-corrected chi connectivity index (χ1v) is 7.73. The second-order valence-electron chi connectivity index (χ2n) is 5.45. The Kier molecular flexibility index (Phi) is 3.92. The van der Waals surface area contributed by atoms with Gasteiger partial charge in [-0.2, -0.15) is 4.98 Å². The monoisotopic (exact) mass is 330 g/mol. The van der Waals surface area contributed by atoms with Crippen molar-refractivity contribution in [2.45, 2.75) is 6.92 Å². The first kappa shape index (κ1) is 15.0. The SMILES string of the molecule is Cc1ccc(Oc2ccc(-c3noc(-c4cnccn4)n3)cc2)cc1. The zero-order valence-corrected chi connectivity index (χ0v) is 13.5. The maximum atomic E-state index is 5.82. The molecule has 6 heteroatoms. The lowest BCUT2D eigenvalue weighted by Gasteiger charge is -2.06. The number of aryl methyl sites for hydroxylation is 1. The van der Waals surface area contributed by atoms with E-state index >= 15 is 0 Å². The predicted octanol–water partition coefficient (Wildman–Crippen LogP) is 4.29. The molecule has 0 aliphatic heterocycles. The van der Waals surface area contributed by atoms with Crippen LogP contribution in [0.2, 0.25) is 0 Å². The van der Waals surface area contributed by atoms with E-state index in [4.69, 9.17) is 9.26 Å². The Morgan fingerprint density at radius 1 is 0.880 bits per heavy atom. The molecular weight excluding hydrogens is 316 g/mol. The molecule has 0 atom stereocenters. The van der Waals surface area contributed by atoms with Gasteiger partial charge in [0.15, 0.2) is 0 Å². The molecule has 0 amide bonds. The van der Waals surface area contributed by atoms with Crippen LogP contribution in [0.3, 0.4) is 0 Å². The molecule has 0 fully saturated rings. The van der Waals surface area contributed by atoms with Gasteiger partial charge in [0.1, 0.15) is 17.2 Å². The number of aromatic nitrogens is 4. The zero-order chi connectivity index (χ0) is 17.1. The standard InChI is InChI=1S/C19H14N4O2/c1-13-2-6-15(7-3-13)24-16-8-4-14(5-9-16)18-22-19(25-23-18)17-12-20-10-11-21-17/h2-12H,1H3. The van der Waals surface area contributed by atoms with Crippen LogP contribution in [-0.2, 0) is 0 Å². The van der Waals surface area contributed by atoms with E-state index in [2.05, 4.69) is 20.1 Å². The summed E-state index contributed by atoms with van der Waals surface area (Å²) >= 11 is 0. The molecule has 0 aliphatic rings. The number of nitrogens with zero attached hydrogens (tertiary/aromatic N) is 4. The molecule has 2 aromatic heterocycles. The Balaban J connectivity index is 1.52. The van der Waals surface area contributed by atoms with E-state index < -0.39 is 0 Å². The van der Waals surface area contributed by atoms with Crippen molar-refractivity contribution < 1.29 is 9.26 Å². The van der Waals surface area contributed by atoms with Gasteiger partial charge in [-0.3, -0.25) is 4.98 Å².